The third-order valence-corrected chi connectivity index (χ3v) is 3.71. The molecule has 0 radical (unpaired) electrons. The molecule has 4 heteroatoms. The Morgan fingerprint density at radius 2 is 1.90 bits per heavy atom. The van der Waals surface area contributed by atoms with Crippen molar-refractivity contribution in [3.05, 3.63) is 59.5 Å². The number of aromatic nitrogens is 3. The number of para-hydroxylation sites is 1. The molecule has 0 amide bonds. The molecule has 0 aliphatic heterocycles. The fourth-order valence-electron chi connectivity index (χ4n) is 2.36. The second-order valence-electron chi connectivity index (χ2n) is 4.97. The van der Waals surface area contributed by atoms with Crippen molar-refractivity contribution in [2.24, 2.45) is 7.05 Å². The van der Waals surface area contributed by atoms with E-state index in [0.29, 0.717) is 0 Å². The van der Waals surface area contributed by atoms with Crippen molar-refractivity contribution >= 4 is 10.9 Å². The fourth-order valence-corrected chi connectivity index (χ4v) is 2.36. The molecule has 20 heavy (non-hydrogen) atoms. The van der Waals surface area contributed by atoms with E-state index in [-0.39, 0.29) is 0 Å². The van der Waals surface area contributed by atoms with Gasteiger partial charge in [-0.05, 0) is 24.6 Å². The molecule has 3 rings (SSSR count). The number of hydrogen-bond donors (Lipinski definition) is 1. The molecule has 2 heterocycles. The van der Waals surface area contributed by atoms with Gasteiger partial charge in [-0.1, -0.05) is 18.2 Å². The Balaban J connectivity index is 1.73. The summed E-state index contributed by atoms with van der Waals surface area (Å²) in [5.74, 6) is 0. The Kier molecular flexibility index (Phi) is 3.48. The van der Waals surface area contributed by atoms with E-state index in [2.05, 4.69) is 40.5 Å². The van der Waals surface area contributed by atoms with Crippen molar-refractivity contribution in [1.82, 2.24) is 20.1 Å². The van der Waals surface area contributed by atoms with Gasteiger partial charge in [-0.15, -0.1) is 0 Å². The van der Waals surface area contributed by atoms with Gasteiger partial charge in [0.15, 0.2) is 0 Å². The maximum absolute atomic E-state index is 4.38. The van der Waals surface area contributed by atoms with Crippen LogP contribution in [0.4, 0.5) is 0 Å². The molecule has 4 nitrogen and oxygen atoms in total. The van der Waals surface area contributed by atoms with Gasteiger partial charge in [-0.3, -0.25) is 9.67 Å². The molecule has 0 saturated heterocycles. The van der Waals surface area contributed by atoms with Gasteiger partial charge in [0.1, 0.15) is 0 Å². The number of aryl methyl sites for hydroxylation is 1. The lowest BCUT2D eigenvalue weighted by Crippen LogP contribution is -2.13. The quantitative estimate of drug-likeness (QED) is 0.789. The van der Waals surface area contributed by atoms with E-state index in [0.717, 1.165) is 18.6 Å². The van der Waals surface area contributed by atoms with E-state index in [4.69, 9.17) is 0 Å². The predicted octanol–water partition coefficient (Wildman–Crippen LogP) is 2.57. The number of benzene rings is 1. The van der Waals surface area contributed by atoms with Crippen LogP contribution in [0.1, 0.15) is 16.8 Å². The van der Waals surface area contributed by atoms with Crippen molar-refractivity contribution in [2.45, 2.75) is 20.0 Å². The Morgan fingerprint density at radius 3 is 2.70 bits per heavy atom. The summed E-state index contributed by atoms with van der Waals surface area (Å²) in [6.07, 6.45) is 3.79. The van der Waals surface area contributed by atoms with E-state index in [9.17, 15) is 0 Å². The first-order valence-electron chi connectivity index (χ1n) is 6.76. The van der Waals surface area contributed by atoms with Crippen LogP contribution in [0.5, 0.6) is 0 Å². The topological polar surface area (TPSA) is 42.7 Å². The molecule has 0 aliphatic rings. The highest BCUT2D eigenvalue weighted by Crippen LogP contribution is 2.16. The van der Waals surface area contributed by atoms with E-state index < -0.39 is 0 Å². The summed E-state index contributed by atoms with van der Waals surface area (Å²) >= 11 is 0. The lowest BCUT2D eigenvalue weighted by Gasteiger charge is -2.07. The Hall–Kier alpha value is -2.20. The molecule has 1 N–H and O–H groups in total. The van der Waals surface area contributed by atoms with Gasteiger partial charge >= 0.3 is 0 Å². The van der Waals surface area contributed by atoms with Crippen LogP contribution >= 0.6 is 0 Å². The van der Waals surface area contributed by atoms with Gasteiger partial charge in [0.05, 0.1) is 11.7 Å². The summed E-state index contributed by atoms with van der Waals surface area (Å²) < 4.78 is 1.90. The first-order valence-corrected chi connectivity index (χ1v) is 6.76. The average Bonchev–Trinajstić information content (AvgIpc) is 2.79. The van der Waals surface area contributed by atoms with Gasteiger partial charge in [-0.2, -0.15) is 5.10 Å². The minimum atomic E-state index is 0.830. The summed E-state index contributed by atoms with van der Waals surface area (Å²) in [7, 11) is 1.97. The molecule has 2 aromatic heterocycles. The number of hydrogen-bond acceptors (Lipinski definition) is 3. The van der Waals surface area contributed by atoms with Crippen LogP contribution in [0, 0.1) is 6.92 Å². The molecule has 0 bridgehead atoms. The van der Waals surface area contributed by atoms with Crippen molar-refractivity contribution in [2.75, 3.05) is 0 Å². The largest absolute Gasteiger partial charge is 0.308 e. The highest BCUT2D eigenvalue weighted by molar-refractivity contribution is 5.81. The maximum Gasteiger partial charge on any atom is 0.0705 e. The van der Waals surface area contributed by atoms with Crippen LogP contribution in [0.3, 0.4) is 0 Å². The van der Waals surface area contributed by atoms with E-state index >= 15 is 0 Å². The Bertz CT molecular complexity index is 725. The smallest absolute Gasteiger partial charge is 0.0705 e. The first kappa shape index (κ1) is 12.8. The second kappa shape index (κ2) is 5.43. The fraction of sp³-hybridized carbons (Fsp3) is 0.250. The van der Waals surface area contributed by atoms with Gasteiger partial charge in [0.2, 0.25) is 0 Å². The Labute approximate surface area is 118 Å². The van der Waals surface area contributed by atoms with Crippen molar-refractivity contribution in [3.63, 3.8) is 0 Å². The SMILES string of the molecule is Cc1c(CNCc2ccnc3ccccc23)cnn1C. The van der Waals surface area contributed by atoms with Crippen LogP contribution in [-0.4, -0.2) is 14.8 Å². The monoisotopic (exact) mass is 266 g/mol. The van der Waals surface area contributed by atoms with E-state index in [1.54, 1.807) is 0 Å². The van der Waals surface area contributed by atoms with E-state index in [1.165, 1.54) is 22.2 Å². The number of pyridine rings is 1. The van der Waals surface area contributed by atoms with Gasteiger partial charge in [-0.25, -0.2) is 0 Å². The molecular weight excluding hydrogens is 248 g/mol. The highest BCUT2D eigenvalue weighted by Gasteiger charge is 2.04. The lowest BCUT2D eigenvalue weighted by atomic mass is 10.1. The third-order valence-electron chi connectivity index (χ3n) is 3.71. The van der Waals surface area contributed by atoms with Crippen molar-refractivity contribution < 1.29 is 0 Å². The Morgan fingerprint density at radius 1 is 1.10 bits per heavy atom. The van der Waals surface area contributed by atoms with Gasteiger partial charge < -0.3 is 5.32 Å². The molecule has 0 atom stereocenters. The number of nitrogens with zero attached hydrogens (tertiary/aromatic N) is 3. The molecular formula is C16H18N4. The zero-order valence-electron chi connectivity index (χ0n) is 11.8. The summed E-state index contributed by atoms with van der Waals surface area (Å²) in [6.45, 7) is 3.75. The lowest BCUT2D eigenvalue weighted by molar-refractivity contribution is 0.687. The van der Waals surface area contributed by atoms with Crippen molar-refractivity contribution in [1.29, 1.82) is 0 Å². The molecule has 0 spiro atoms. The third kappa shape index (κ3) is 2.42. The van der Waals surface area contributed by atoms with Crippen molar-refractivity contribution in [3.8, 4) is 0 Å². The van der Waals surface area contributed by atoms with Crippen LogP contribution in [0.25, 0.3) is 10.9 Å². The van der Waals surface area contributed by atoms with Crippen LogP contribution in [-0.2, 0) is 20.1 Å². The van der Waals surface area contributed by atoms with Crippen LogP contribution in [0.2, 0.25) is 0 Å². The molecule has 3 aromatic rings. The average molecular weight is 266 g/mol. The van der Waals surface area contributed by atoms with Crippen LogP contribution in [0.15, 0.2) is 42.7 Å². The first-order chi connectivity index (χ1) is 9.75. The molecule has 0 saturated carbocycles. The van der Waals surface area contributed by atoms with Gasteiger partial charge in [0.25, 0.3) is 0 Å². The summed E-state index contributed by atoms with van der Waals surface area (Å²) in [5, 5.41) is 8.95. The molecule has 0 unspecified atom stereocenters. The zero-order valence-corrected chi connectivity index (χ0v) is 11.8. The summed E-state index contributed by atoms with van der Waals surface area (Å²) in [6, 6.07) is 10.3. The standard InChI is InChI=1S/C16H18N4/c1-12-14(11-19-20(12)2)10-17-9-13-7-8-18-16-6-4-3-5-15(13)16/h3-8,11,17H,9-10H2,1-2H3. The maximum atomic E-state index is 4.38. The molecule has 102 valence electrons. The normalized spacial score (nSPS) is 11.1. The van der Waals surface area contributed by atoms with Crippen LogP contribution < -0.4 is 5.32 Å². The summed E-state index contributed by atoms with van der Waals surface area (Å²) in [5.41, 5.74) is 4.77. The minimum absolute atomic E-state index is 0.830. The van der Waals surface area contributed by atoms with E-state index in [1.807, 2.05) is 36.3 Å². The molecule has 0 aliphatic carbocycles. The number of fused-ring (bicyclic) bond motifs is 1. The predicted molar refractivity (Wildman–Crippen MR) is 80.2 cm³/mol. The molecule has 0 fully saturated rings. The molecule has 1 aromatic carbocycles. The summed E-state index contributed by atoms with van der Waals surface area (Å²) in [4.78, 5) is 4.38. The highest BCUT2D eigenvalue weighted by atomic mass is 15.3. The zero-order chi connectivity index (χ0) is 13.9. The minimum Gasteiger partial charge on any atom is -0.308 e. The number of nitrogens with one attached hydrogen (secondary N) is 1. The van der Waals surface area contributed by atoms with Gasteiger partial charge in [0, 0.05) is 43.0 Å². The second-order valence-corrected chi connectivity index (χ2v) is 4.97. The number of rotatable bonds is 4.